The first-order chi connectivity index (χ1) is 33.5. The van der Waals surface area contributed by atoms with Crippen molar-refractivity contribution < 1.29 is 0 Å². The van der Waals surface area contributed by atoms with E-state index in [0.717, 1.165) is 22.7 Å². The van der Waals surface area contributed by atoms with Gasteiger partial charge in [0.25, 0.3) is 0 Å². The number of hydrogen-bond acceptors (Lipinski definition) is 2. The Balaban J connectivity index is 1.19. The molecule has 0 heterocycles. The number of rotatable bonds is 8. The number of para-hydroxylation sites is 2. The molecule has 0 bridgehead atoms. The molecule has 0 aromatic heterocycles. The lowest BCUT2D eigenvalue weighted by molar-refractivity contribution is 0.806. The quantitative estimate of drug-likeness (QED) is 0.150. The minimum absolute atomic E-state index is 0.282. The number of benzene rings is 10. The van der Waals surface area contributed by atoms with Gasteiger partial charge in [0.1, 0.15) is 0 Å². The second-order valence-corrected chi connectivity index (χ2v) is 20.4. The van der Waals surface area contributed by atoms with Gasteiger partial charge in [-0.05, 0) is 224 Å². The molecule has 0 N–H and O–H groups in total. The third-order valence-corrected chi connectivity index (χ3v) is 15.0. The number of aryl methyl sites for hydroxylation is 4. The van der Waals surface area contributed by atoms with E-state index in [1.807, 2.05) is 0 Å². The minimum atomic E-state index is -0.568. The Bertz CT molecular complexity index is 3390. The third-order valence-electron chi connectivity index (χ3n) is 15.0. The van der Waals surface area contributed by atoms with Gasteiger partial charge in [-0.1, -0.05) is 137 Å². The Morgan fingerprint density at radius 1 is 0.304 bits per heavy atom. The van der Waals surface area contributed by atoms with Crippen molar-refractivity contribution in [2.45, 2.75) is 72.6 Å². The molecule has 0 saturated heterocycles. The van der Waals surface area contributed by atoms with E-state index in [1.54, 1.807) is 0 Å². The van der Waals surface area contributed by atoms with Crippen LogP contribution in [0.5, 0.6) is 0 Å². The second-order valence-electron chi connectivity index (χ2n) is 20.4. The lowest BCUT2D eigenvalue weighted by Crippen LogP contribution is -2.27. The zero-order chi connectivity index (χ0) is 47.3. The summed E-state index contributed by atoms with van der Waals surface area (Å²) in [6.07, 6.45) is 0. The standard InChI is InChI=1S/C67H58N2/c1-41(2)57-39-61-62-40-58(42(3)4)60-38-50(69(48-21-13-10-14-22-48)52-35-45(7)32-46(8)36-52)28-30-56(60)66(62)67(63-25-17-15-23-53(63)54-24-16-18-26-64(54)67)65(61)55-29-27-49(37-59(55)57)68(47-19-11-9-12-20-47)51-33-43(5)31-44(6)34-51/h9-42H,1-8H3. The lowest BCUT2D eigenvalue weighted by atomic mass is 9.67. The van der Waals surface area contributed by atoms with Crippen LogP contribution in [0.1, 0.15) is 95.2 Å². The topological polar surface area (TPSA) is 6.48 Å². The second kappa shape index (κ2) is 16.2. The molecule has 0 radical (unpaired) electrons. The zero-order valence-corrected chi connectivity index (χ0v) is 41.0. The Kier molecular flexibility index (Phi) is 10.0. The molecular weight excluding hydrogens is 833 g/mol. The molecule has 1 spiro atoms. The maximum absolute atomic E-state index is 2.59. The van der Waals surface area contributed by atoms with E-state index in [2.05, 4.69) is 259 Å². The number of fused-ring (bicyclic) bond motifs is 14. The SMILES string of the molecule is Cc1cc(C)cc(N(c2ccccc2)c2ccc3c4c(cc(C(C)C)c3c2)-c2cc(C(C)C)c3cc(N(c5ccccc5)c5cc(C)cc(C)c5)ccc3c2C42c3ccccc3-c3ccccc32)c1. The molecule has 69 heavy (non-hydrogen) atoms. The summed E-state index contributed by atoms with van der Waals surface area (Å²) in [4.78, 5) is 4.89. The monoisotopic (exact) mass is 890 g/mol. The van der Waals surface area contributed by atoms with Crippen LogP contribution in [0.2, 0.25) is 0 Å². The highest BCUT2D eigenvalue weighted by atomic mass is 15.1. The van der Waals surface area contributed by atoms with E-state index in [-0.39, 0.29) is 11.8 Å². The van der Waals surface area contributed by atoms with Crippen molar-refractivity contribution in [3.05, 3.63) is 250 Å². The Morgan fingerprint density at radius 2 is 0.667 bits per heavy atom. The average molecular weight is 891 g/mol. The van der Waals surface area contributed by atoms with Crippen LogP contribution in [-0.2, 0) is 5.41 Å². The van der Waals surface area contributed by atoms with E-state index in [1.165, 1.54) is 111 Å². The minimum Gasteiger partial charge on any atom is -0.310 e. The molecule has 2 aliphatic carbocycles. The molecule has 10 aromatic carbocycles. The number of hydrogen-bond donors (Lipinski definition) is 0. The average Bonchev–Trinajstić information content (AvgIpc) is 3.80. The van der Waals surface area contributed by atoms with Crippen LogP contribution in [-0.4, -0.2) is 0 Å². The Labute approximate surface area is 408 Å². The number of nitrogens with zero attached hydrogens (tertiary/aromatic N) is 2. The van der Waals surface area contributed by atoms with Gasteiger partial charge in [-0.15, -0.1) is 0 Å². The molecule has 2 heteroatoms. The van der Waals surface area contributed by atoms with Crippen LogP contribution in [0, 0.1) is 27.7 Å². The molecule has 10 aromatic rings. The van der Waals surface area contributed by atoms with Crippen LogP contribution in [0.25, 0.3) is 43.8 Å². The summed E-state index contributed by atoms with van der Waals surface area (Å²) in [5.74, 6) is 0.564. The Morgan fingerprint density at radius 3 is 1.04 bits per heavy atom. The van der Waals surface area contributed by atoms with Crippen molar-refractivity contribution in [2.75, 3.05) is 9.80 Å². The van der Waals surface area contributed by atoms with Crippen LogP contribution < -0.4 is 9.80 Å². The zero-order valence-electron chi connectivity index (χ0n) is 41.0. The molecule has 0 fully saturated rings. The Hall–Kier alpha value is -7.68. The van der Waals surface area contributed by atoms with Crippen LogP contribution in [0.4, 0.5) is 34.1 Å². The molecule has 0 unspecified atom stereocenters. The largest absolute Gasteiger partial charge is 0.310 e. The molecule has 0 aliphatic heterocycles. The van der Waals surface area contributed by atoms with E-state index in [4.69, 9.17) is 0 Å². The molecule has 336 valence electrons. The fourth-order valence-electron chi connectivity index (χ4n) is 12.5. The highest BCUT2D eigenvalue weighted by Crippen LogP contribution is 2.66. The van der Waals surface area contributed by atoms with Gasteiger partial charge in [-0.2, -0.15) is 0 Å². The molecule has 2 nitrogen and oxygen atoms in total. The summed E-state index contributed by atoms with van der Waals surface area (Å²) in [6.45, 7) is 18.3. The third kappa shape index (κ3) is 6.60. The van der Waals surface area contributed by atoms with Crippen LogP contribution in [0.15, 0.2) is 194 Å². The van der Waals surface area contributed by atoms with Crippen LogP contribution >= 0.6 is 0 Å². The van der Waals surface area contributed by atoms with Gasteiger partial charge in [0.15, 0.2) is 0 Å². The molecule has 2 aliphatic rings. The van der Waals surface area contributed by atoms with Gasteiger partial charge >= 0.3 is 0 Å². The van der Waals surface area contributed by atoms with Crippen molar-refractivity contribution >= 4 is 55.7 Å². The summed E-state index contributed by atoms with van der Waals surface area (Å²) >= 11 is 0. The predicted molar refractivity (Wildman–Crippen MR) is 294 cm³/mol. The van der Waals surface area contributed by atoms with Gasteiger partial charge in [-0.3, -0.25) is 0 Å². The van der Waals surface area contributed by atoms with Crippen molar-refractivity contribution in [1.82, 2.24) is 0 Å². The van der Waals surface area contributed by atoms with Crippen molar-refractivity contribution in [1.29, 1.82) is 0 Å². The maximum atomic E-state index is 2.59. The summed E-state index contributed by atoms with van der Waals surface area (Å²) < 4.78 is 0. The first kappa shape index (κ1) is 42.7. The van der Waals surface area contributed by atoms with Crippen LogP contribution in [0.3, 0.4) is 0 Å². The predicted octanol–water partition coefficient (Wildman–Crippen LogP) is 18.8. The summed E-state index contributed by atoms with van der Waals surface area (Å²) in [5.41, 5.74) is 25.0. The molecule has 12 rings (SSSR count). The highest BCUT2D eigenvalue weighted by molar-refractivity contribution is 6.11. The highest BCUT2D eigenvalue weighted by Gasteiger charge is 2.53. The van der Waals surface area contributed by atoms with E-state index < -0.39 is 5.41 Å². The van der Waals surface area contributed by atoms with Gasteiger partial charge in [-0.25, -0.2) is 0 Å². The molecular formula is C67H58N2. The van der Waals surface area contributed by atoms with E-state index in [0.29, 0.717) is 0 Å². The van der Waals surface area contributed by atoms with Crippen molar-refractivity contribution in [3.8, 4) is 22.3 Å². The van der Waals surface area contributed by atoms with E-state index in [9.17, 15) is 0 Å². The van der Waals surface area contributed by atoms with Gasteiger partial charge in [0.2, 0.25) is 0 Å². The van der Waals surface area contributed by atoms with Gasteiger partial charge < -0.3 is 9.80 Å². The molecule has 0 atom stereocenters. The van der Waals surface area contributed by atoms with E-state index >= 15 is 0 Å². The van der Waals surface area contributed by atoms with Crippen molar-refractivity contribution in [2.24, 2.45) is 0 Å². The summed E-state index contributed by atoms with van der Waals surface area (Å²) in [7, 11) is 0. The van der Waals surface area contributed by atoms with Gasteiger partial charge in [0.05, 0.1) is 5.41 Å². The molecule has 0 amide bonds. The first-order valence-electron chi connectivity index (χ1n) is 24.8. The molecule has 0 saturated carbocycles. The summed E-state index contributed by atoms with van der Waals surface area (Å²) in [6, 6.07) is 74.0. The fraction of sp³-hybridized carbons (Fsp3) is 0.164. The maximum Gasteiger partial charge on any atom is 0.0737 e. The lowest BCUT2D eigenvalue weighted by Gasteiger charge is -2.34. The van der Waals surface area contributed by atoms with Crippen molar-refractivity contribution in [3.63, 3.8) is 0 Å². The normalized spacial score (nSPS) is 13.0. The number of anilines is 6. The first-order valence-corrected chi connectivity index (χ1v) is 24.8. The smallest absolute Gasteiger partial charge is 0.0737 e. The fourth-order valence-corrected chi connectivity index (χ4v) is 12.5. The summed E-state index contributed by atoms with van der Waals surface area (Å²) in [5, 5.41) is 5.25. The van der Waals surface area contributed by atoms with Gasteiger partial charge in [0, 0.05) is 34.1 Å².